The molecule has 2 aromatic rings. The molecule has 6 heteroatoms. The van der Waals surface area contributed by atoms with Crippen molar-refractivity contribution < 1.29 is 23.4 Å². The number of allylic oxidation sites excluding steroid dienone is 4. The second-order valence-corrected chi connectivity index (χ2v) is 8.20. The van der Waals surface area contributed by atoms with E-state index in [1.165, 1.54) is 0 Å². The lowest BCUT2D eigenvalue weighted by Gasteiger charge is -2.24. The monoisotopic (exact) mass is 455 g/mol. The molecule has 0 bridgehead atoms. The quantitative estimate of drug-likeness (QED) is 0.197. The molecule has 0 amide bonds. The van der Waals surface area contributed by atoms with Gasteiger partial charge < -0.3 is 18.6 Å². The Morgan fingerprint density at radius 3 is 2.42 bits per heavy atom. The Labute approximate surface area is 197 Å². The number of ether oxygens (including phenoxy) is 3. The zero-order valence-electron chi connectivity index (χ0n) is 20.8. The average Bonchev–Trinajstić information content (AvgIpc) is 3.19. The molecule has 0 saturated carbocycles. The molecule has 33 heavy (non-hydrogen) atoms. The van der Waals surface area contributed by atoms with Crippen LogP contribution in [0.4, 0.5) is 0 Å². The van der Waals surface area contributed by atoms with E-state index in [1.807, 2.05) is 56.3 Å². The summed E-state index contributed by atoms with van der Waals surface area (Å²) in [7, 11) is 0. The normalized spacial score (nSPS) is 12.5. The minimum Gasteiger partial charge on any atom is -0.498 e. The maximum atomic E-state index is 12.0. The van der Waals surface area contributed by atoms with Crippen LogP contribution in [0.5, 0.6) is 0 Å². The average molecular weight is 456 g/mol. The topological polar surface area (TPSA) is 70.8 Å². The van der Waals surface area contributed by atoms with Gasteiger partial charge in [-0.25, -0.2) is 9.78 Å². The Morgan fingerprint density at radius 2 is 1.79 bits per heavy atom. The maximum Gasteiger partial charge on any atom is 0.349 e. The van der Waals surface area contributed by atoms with Gasteiger partial charge in [0.15, 0.2) is 5.60 Å². The van der Waals surface area contributed by atoms with Gasteiger partial charge in [0.1, 0.15) is 5.76 Å². The van der Waals surface area contributed by atoms with Crippen LogP contribution < -0.4 is 0 Å². The highest BCUT2D eigenvalue weighted by atomic mass is 16.6. The van der Waals surface area contributed by atoms with Crippen molar-refractivity contribution in [3.8, 4) is 11.5 Å². The molecule has 0 N–H and O–H groups in total. The van der Waals surface area contributed by atoms with E-state index < -0.39 is 5.60 Å². The number of oxazole rings is 1. The molecule has 0 unspecified atom stereocenters. The van der Waals surface area contributed by atoms with Crippen molar-refractivity contribution in [1.82, 2.24) is 4.98 Å². The lowest BCUT2D eigenvalue weighted by molar-refractivity contribution is -0.163. The molecule has 0 fully saturated rings. The molecular weight excluding hydrogens is 418 g/mol. The molecule has 0 aliphatic carbocycles. The number of carbonyl (C=O) groups excluding carboxylic acids is 1. The van der Waals surface area contributed by atoms with Crippen molar-refractivity contribution in [2.45, 2.75) is 72.8 Å². The minimum absolute atomic E-state index is 0.320. The minimum atomic E-state index is -1.04. The van der Waals surface area contributed by atoms with Crippen molar-refractivity contribution in [2.24, 2.45) is 0 Å². The Hall–Kier alpha value is -3.02. The zero-order valence-corrected chi connectivity index (χ0v) is 20.8. The van der Waals surface area contributed by atoms with Gasteiger partial charge in [0.25, 0.3) is 0 Å². The summed E-state index contributed by atoms with van der Waals surface area (Å²) >= 11 is 0. The number of carbonyl (C=O) groups is 1. The Kier molecular flexibility index (Phi) is 10.2. The van der Waals surface area contributed by atoms with Crippen LogP contribution in [0.1, 0.15) is 65.8 Å². The summed E-state index contributed by atoms with van der Waals surface area (Å²) in [5.74, 6) is 2.62. The third kappa shape index (κ3) is 8.12. The van der Waals surface area contributed by atoms with Crippen LogP contribution >= 0.6 is 0 Å². The van der Waals surface area contributed by atoms with Crippen molar-refractivity contribution in [2.75, 3.05) is 13.2 Å². The first-order chi connectivity index (χ1) is 15.8. The van der Waals surface area contributed by atoms with Gasteiger partial charge in [-0.05, 0) is 58.4 Å². The summed E-state index contributed by atoms with van der Waals surface area (Å²) in [5, 5.41) is 0. The van der Waals surface area contributed by atoms with Crippen LogP contribution in [0.2, 0.25) is 0 Å². The lowest BCUT2D eigenvalue weighted by atomic mass is 10.1. The number of aryl methyl sites for hydroxylation is 1. The highest BCUT2D eigenvalue weighted by Gasteiger charge is 2.31. The molecular formula is C27H37NO5. The molecule has 0 aliphatic rings. The van der Waals surface area contributed by atoms with Gasteiger partial charge in [-0.2, -0.15) is 0 Å². The van der Waals surface area contributed by atoms with Gasteiger partial charge in [0, 0.05) is 24.8 Å². The standard InChI is InChI=1S/C27H37NO5/c1-7-13-24-23(28-25(32-24)21-14-11-10-12-15-21)18-19-31-22(8-2)17-16-20(4)33-27(5,6)26(29)30-9-3/h10-12,14-17H,7-9,13,18-19H2,1-6H3/b20-16+,22-17+. The highest BCUT2D eigenvalue weighted by molar-refractivity contribution is 5.78. The first-order valence-electron chi connectivity index (χ1n) is 11.7. The second-order valence-electron chi connectivity index (χ2n) is 8.20. The molecule has 1 heterocycles. The van der Waals surface area contributed by atoms with E-state index in [1.54, 1.807) is 20.8 Å². The van der Waals surface area contributed by atoms with Crippen molar-refractivity contribution in [1.29, 1.82) is 0 Å². The van der Waals surface area contributed by atoms with E-state index in [4.69, 9.17) is 23.6 Å². The predicted octanol–water partition coefficient (Wildman–Crippen LogP) is 6.41. The summed E-state index contributed by atoms with van der Waals surface area (Å²) in [6, 6.07) is 9.94. The molecule has 180 valence electrons. The molecule has 0 saturated heterocycles. The van der Waals surface area contributed by atoms with E-state index in [9.17, 15) is 4.79 Å². The Bertz CT molecular complexity index is 941. The van der Waals surface area contributed by atoms with E-state index in [0.717, 1.165) is 42.0 Å². The maximum absolute atomic E-state index is 12.0. The molecule has 1 aromatic heterocycles. The summed E-state index contributed by atoms with van der Waals surface area (Å²) in [6.07, 6.45) is 6.93. The Morgan fingerprint density at radius 1 is 1.06 bits per heavy atom. The van der Waals surface area contributed by atoms with E-state index >= 15 is 0 Å². The number of hydrogen-bond donors (Lipinski definition) is 0. The zero-order chi connectivity index (χ0) is 24.3. The number of esters is 1. The first-order valence-corrected chi connectivity index (χ1v) is 11.7. The molecule has 1 aromatic carbocycles. The van der Waals surface area contributed by atoms with Crippen LogP contribution in [0.15, 0.2) is 58.4 Å². The number of aromatic nitrogens is 1. The van der Waals surface area contributed by atoms with E-state index in [0.29, 0.717) is 31.3 Å². The van der Waals surface area contributed by atoms with Gasteiger partial charge in [0.2, 0.25) is 5.89 Å². The summed E-state index contributed by atoms with van der Waals surface area (Å²) in [4.78, 5) is 16.7. The molecule has 6 nitrogen and oxygen atoms in total. The van der Waals surface area contributed by atoms with Crippen molar-refractivity contribution >= 4 is 5.97 Å². The number of benzene rings is 1. The molecule has 0 atom stereocenters. The highest BCUT2D eigenvalue weighted by Crippen LogP contribution is 2.24. The largest absolute Gasteiger partial charge is 0.498 e. The summed E-state index contributed by atoms with van der Waals surface area (Å²) in [6.45, 7) is 11.9. The van der Waals surface area contributed by atoms with Crippen LogP contribution in [0.3, 0.4) is 0 Å². The molecule has 0 aliphatic heterocycles. The van der Waals surface area contributed by atoms with E-state index in [2.05, 4.69) is 6.92 Å². The van der Waals surface area contributed by atoms with Gasteiger partial charge in [-0.1, -0.05) is 32.0 Å². The lowest BCUT2D eigenvalue weighted by Crippen LogP contribution is -2.36. The van der Waals surface area contributed by atoms with Gasteiger partial charge in [-0.3, -0.25) is 0 Å². The van der Waals surface area contributed by atoms with Crippen molar-refractivity contribution in [3.63, 3.8) is 0 Å². The predicted molar refractivity (Wildman–Crippen MR) is 130 cm³/mol. The fourth-order valence-corrected chi connectivity index (χ4v) is 3.25. The van der Waals surface area contributed by atoms with Crippen molar-refractivity contribution in [3.05, 3.63) is 65.5 Å². The first kappa shape index (κ1) is 26.2. The summed E-state index contributed by atoms with van der Waals surface area (Å²) < 4.78 is 22.9. The van der Waals surface area contributed by atoms with E-state index in [-0.39, 0.29) is 5.97 Å². The fraction of sp³-hybridized carbons (Fsp3) is 0.481. The number of nitrogens with zero attached hydrogens (tertiary/aromatic N) is 1. The number of rotatable bonds is 13. The third-order valence-electron chi connectivity index (χ3n) is 4.94. The number of hydrogen-bond acceptors (Lipinski definition) is 6. The van der Waals surface area contributed by atoms with Gasteiger partial charge >= 0.3 is 5.97 Å². The summed E-state index contributed by atoms with van der Waals surface area (Å²) in [5.41, 5.74) is 0.872. The van der Waals surface area contributed by atoms with Crippen LogP contribution in [-0.2, 0) is 31.8 Å². The molecule has 2 rings (SSSR count). The van der Waals surface area contributed by atoms with Gasteiger partial charge in [-0.15, -0.1) is 0 Å². The smallest absolute Gasteiger partial charge is 0.349 e. The second kappa shape index (κ2) is 12.9. The van der Waals surface area contributed by atoms with Crippen LogP contribution in [-0.4, -0.2) is 29.8 Å². The third-order valence-corrected chi connectivity index (χ3v) is 4.94. The van der Waals surface area contributed by atoms with Crippen LogP contribution in [0, 0.1) is 0 Å². The molecule has 0 spiro atoms. The fourth-order valence-electron chi connectivity index (χ4n) is 3.25. The SMILES string of the molecule is CCCc1oc(-c2ccccc2)nc1CCO/C(=C/C=C(\C)OC(C)(C)C(=O)OCC)CC. The van der Waals surface area contributed by atoms with Crippen LogP contribution in [0.25, 0.3) is 11.5 Å². The molecule has 0 radical (unpaired) electrons. The Balaban J connectivity index is 2.00. The van der Waals surface area contributed by atoms with Gasteiger partial charge in [0.05, 0.1) is 30.4 Å².